The molecule has 0 fully saturated rings. The Hall–Kier alpha value is -0.430. The predicted molar refractivity (Wildman–Crippen MR) is 70.0 cm³/mol. The Labute approximate surface area is 107 Å². The van der Waals surface area contributed by atoms with Crippen LogP contribution in [-0.2, 0) is 21.2 Å². The van der Waals surface area contributed by atoms with E-state index in [1.807, 2.05) is 13.0 Å². The maximum Gasteiger partial charge on any atom is 0.250 e. The number of aryl methyl sites for hydroxylation is 1. The highest BCUT2D eigenvalue weighted by Crippen LogP contribution is 2.21. The van der Waals surface area contributed by atoms with Gasteiger partial charge in [-0.05, 0) is 31.4 Å². The fourth-order valence-corrected chi connectivity index (χ4v) is 3.76. The summed E-state index contributed by atoms with van der Waals surface area (Å²) in [6.45, 7) is 3.15. The van der Waals surface area contributed by atoms with Gasteiger partial charge in [0, 0.05) is 25.1 Å². The van der Waals surface area contributed by atoms with Gasteiger partial charge in [0.25, 0.3) is 0 Å². The van der Waals surface area contributed by atoms with Crippen LogP contribution >= 0.6 is 11.3 Å². The zero-order valence-corrected chi connectivity index (χ0v) is 11.9. The van der Waals surface area contributed by atoms with Crippen LogP contribution in [0.4, 0.5) is 0 Å². The van der Waals surface area contributed by atoms with E-state index in [9.17, 15) is 8.42 Å². The summed E-state index contributed by atoms with van der Waals surface area (Å²) in [4.78, 5) is 1.09. The molecule has 0 unspecified atom stereocenters. The van der Waals surface area contributed by atoms with Crippen molar-refractivity contribution in [1.82, 2.24) is 4.72 Å². The summed E-state index contributed by atoms with van der Waals surface area (Å²) in [5, 5.41) is 0. The van der Waals surface area contributed by atoms with Crippen molar-refractivity contribution in [3.63, 3.8) is 0 Å². The minimum absolute atomic E-state index is 0.404. The lowest BCUT2D eigenvalue weighted by molar-refractivity contribution is 0.193. The molecule has 17 heavy (non-hydrogen) atoms. The summed E-state index contributed by atoms with van der Waals surface area (Å²) in [6, 6.07) is 3.53. The Bertz CT molecular complexity index is 426. The molecule has 0 saturated carbocycles. The van der Waals surface area contributed by atoms with Gasteiger partial charge >= 0.3 is 0 Å². The molecule has 0 aliphatic heterocycles. The molecule has 0 amide bonds. The first-order valence-electron chi connectivity index (χ1n) is 5.67. The standard InChI is InChI=1S/C11H19NO3S2/c1-3-10-6-7-11(16-10)17(13,14)12-8-4-5-9-15-2/h6-7,12H,3-5,8-9H2,1-2H3. The maximum absolute atomic E-state index is 11.9. The van der Waals surface area contributed by atoms with Gasteiger partial charge in [0.1, 0.15) is 4.21 Å². The first kappa shape index (κ1) is 14.6. The van der Waals surface area contributed by atoms with Crippen LogP contribution in [-0.4, -0.2) is 28.7 Å². The number of hydrogen-bond acceptors (Lipinski definition) is 4. The van der Waals surface area contributed by atoms with E-state index >= 15 is 0 Å². The molecule has 0 bridgehead atoms. The molecule has 0 radical (unpaired) electrons. The van der Waals surface area contributed by atoms with Gasteiger partial charge < -0.3 is 4.74 Å². The molecular formula is C11H19NO3S2. The fraction of sp³-hybridized carbons (Fsp3) is 0.636. The smallest absolute Gasteiger partial charge is 0.250 e. The second-order valence-electron chi connectivity index (χ2n) is 3.67. The number of unbranched alkanes of at least 4 members (excludes halogenated alkanes) is 1. The van der Waals surface area contributed by atoms with Crippen molar-refractivity contribution < 1.29 is 13.2 Å². The molecule has 0 aliphatic rings. The van der Waals surface area contributed by atoms with Gasteiger partial charge in [0.05, 0.1) is 0 Å². The molecule has 0 aromatic carbocycles. The van der Waals surface area contributed by atoms with Crippen LogP contribution in [0.15, 0.2) is 16.3 Å². The molecule has 0 saturated heterocycles. The highest BCUT2D eigenvalue weighted by Gasteiger charge is 2.15. The van der Waals surface area contributed by atoms with Gasteiger partial charge in [-0.1, -0.05) is 6.92 Å². The van der Waals surface area contributed by atoms with Crippen LogP contribution in [0.3, 0.4) is 0 Å². The van der Waals surface area contributed by atoms with E-state index in [4.69, 9.17) is 4.74 Å². The third kappa shape index (κ3) is 4.75. The first-order valence-corrected chi connectivity index (χ1v) is 7.97. The Morgan fingerprint density at radius 1 is 1.35 bits per heavy atom. The second kappa shape index (κ2) is 7.10. The third-order valence-corrected chi connectivity index (χ3v) is 5.50. The van der Waals surface area contributed by atoms with Crippen LogP contribution in [0.25, 0.3) is 0 Å². The molecule has 4 nitrogen and oxygen atoms in total. The molecule has 1 N–H and O–H groups in total. The highest BCUT2D eigenvalue weighted by atomic mass is 32.2. The van der Waals surface area contributed by atoms with Crippen molar-refractivity contribution in [3.8, 4) is 0 Å². The fourth-order valence-electron chi connectivity index (χ4n) is 1.34. The summed E-state index contributed by atoms with van der Waals surface area (Å²) in [5.41, 5.74) is 0. The highest BCUT2D eigenvalue weighted by molar-refractivity contribution is 7.91. The van der Waals surface area contributed by atoms with Crippen molar-refractivity contribution in [1.29, 1.82) is 0 Å². The van der Waals surface area contributed by atoms with Gasteiger partial charge in [-0.2, -0.15) is 0 Å². The van der Waals surface area contributed by atoms with E-state index in [2.05, 4.69) is 4.72 Å². The van der Waals surface area contributed by atoms with E-state index < -0.39 is 10.0 Å². The van der Waals surface area contributed by atoms with Crippen LogP contribution in [0.2, 0.25) is 0 Å². The molecule has 98 valence electrons. The summed E-state index contributed by atoms with van der Waals surface area (Å²) in [7, 11) is -1.67. The average Bonchev–Trinajstić information content (AvgIpc) is 2.78. The summed E-state index contributed by atoms with van der Waals surface area (Å²) in [6.07, 6.45) is 2.52. The van der Waals surface area contributed by atoms with Crippen molar-refractivity contribution in [2.45, 2.75) is 30.4 Å². The zero-order valence-electron chi connectivity index (χ0n) is 10.2. The minimum atomic E-state index is -3.31. The van der Waals surface area contributed by atoms with Crippen LogP contribution in [0.5, 0.6) is 0 Å². The summed E-state index contributed by atoms with van der Waals surface area (Å²) in [5.74, 6) is 0. The van der Waals surface area contributed by atoms with Gasteiger partial charge in [0.2, 0.25) is 10.0 Å². The number of thiophene rings is 1. The van der Waals surface area contributed by atoms with E-state index in [-0.39, 0.29) is 0 Å². The van der Waals surface area contributed by atoms with Crippen molar-refractivity contribution >= 4 is 21.4 Å². The van der Waals surface area contributed by atoms with Crippen LogP contribution < -0.4 is 4.72 Å². The summed E-state index contributed by atoms with van der Waals surface area (Å²) < 4.78 is 31.6. The lowest BCUT2D eigenvalue weighted by Gasteiger charge is -2.04. The average molecular weight is 277 g/mol. The maximum atomic E-state index is 11.9. The number of nitrogens with one attached hydrogen (secondary N) is 1. The lowest BCUT2D eigenvalue weighted by Crippen LogP contribution is -2.24. The number of sulfonamides is 1. The SMILES string of the molecule is CCc1ccc(S(=O)(=O)NCCCCOC)s1. The molecule has 1 aromatic rings. The van der Waals surface area contributed by atoms with Gasteiger partial charge in [-0.25, -0.2) is 13.1 Å². The van der Waals surface area contributed by atoms with Crippen molar-refractivity contribution in [3.05, 3.63) is 17.0 Å². The van der Waals surface area contributed by atoms with Gasteiger partial charge in [0.15, 0.2) is 0 Å². The Morgan fingerprint density at radius 3 is 2.71 bits per heavy atom. The number of hydrogen-bond donors (Lipinski definition) is 1. The predicted octanol–water partition coefficient (Wildman–Crippen LogP) is 2.02. The van der Waals surface area contributed by atoms with E-state index in [1.54, 1.807) is 13.2 Å². The number of ether oxygens (including phenoxy) is 1. The second-order valence-corrected chi connectivity index (χ2v) is 6.83. The third-order valence-electron chi connectivity index (χ3n) is 2.32. The molecule has 1 rings (SSSR count). The van der Waals surface area contributed by atoms with E-state index in [0.717, 1.165) is 24.1 Å². The van der Waals surface area contributed by atoms with Crippen molar-refractivity contribution in [2.75, 3.05) is 20.3 Å². The summed E-state index contributed by atoms with van der Waals surface area (Å²) >= 11 is 1.33. The largest absolute Gasteiger partial charge is 0.385 e. The minimum Gasteiger partial charge on any atom is -0.385 e. The molecular weight excluding hydrogens is 258 g/mol. The molecule has 0 spiro atoms. The monoisotopic (exact) mass is 277 g/mol. The Balaban J connectivity index is 2.45. The van der Waals surface area contributed by atoms with Gasteiger partial charge in [-0.15, -0.1) is 11.3 Å². The number of methoxy groups -OCH3 is 1. The van der Waals surface area contributed by atoms with Crippen LogP contribution in [0, 0.1) is 0 Å². The topological polar surface area (TPSA) is 55.4 Å². The first-order chi connectivity index (χ1) is 8.10. The lowest BCUT2D eigenvalue weighted by atomic mass is 10.3. The van der Waals surface area contributed by atoms with Crippen molar-refractivity contribution in [2.24, 2.45) is 0 Å². The Morgan fingerprint density at radius 2 is 2.12 bits per heavy atom. The number of rotatable bonds is 8. The van der Waals surface area contributed by atoms with E-state index in [0.29, 0.717) is 17.4 Å². The van der Waals surface area contributed by atoms with Gasteiger partial charge in [-0.3, -0.25) is 0 Å². The molecule has 1 heterocycles. The molecule has 0 atom stereocenters. The molecule has 6 heteroatoms. The molecule has 0 aliphatic carbocycles. The zero-order chi connectivity index (χ0) is 12.7. The molecule has 1 aromatic heterocycles. The quantitative estimate of drug-likeness (QED) is 0.740. The van der Waals surface area contributed by atoms with Crippen LogP contribution in [0.1, 0.15) is 24.6 Å². The Kier molecular flexibility index (Phi) is 6.11. The normalized spacial score (nSPS) is 11.9. The van der Waals surface area contributed by atoms with E-state index in [1.165, 1.54) is 11.3 Å².